The Kier molecular flexibility index (Phi) is 2.83. The van der Waals surface area contributed by atoms with Gasteiger partial charge in [0, 0.05) is 9.64 Å². The fourth-order valence-corrected chi connectivity index (χ4v) is 1.37. The van der Waals surface area contributed by atoms with E-state index in [1.807, 2.05) is 22.6 Å². The molecule has 66 valence electrons. The Balaban J connectivity index is 3.44. The molecular weight excluding hydrogens is 283 g/mol. The minimum atomic E-state index is -0.540. The van der Waals surface area contributed by atoms with Crippen molar-refractivity contribution in [2.45, 2.75) is 6.92 Å². The van der Waals surface area contributed by atoms with Gasteiger partial charge in [-0.15, -0.1) is 0 Å². The van der Waals surface area contributed by atoms with Gasteiger partial charge in [-0.2, -0.15) is 5.26 Å². The lowest BCUT2D eigenvalue weighted by Crippen LogP contribution is -1.94. The number of hydrogen-bond donors (Lipinski definition) is 0. The maximum Gasteiger partial charge on any atom is 0.287 e. The van der Waals surface area contributed by atoms with Gasteiger partial charge in [-0.3, -0.25) is 10.1 Å². The lowest BCUT2D eigenvalue weighted by molar-refractivity contribution is -0.385. The Hall–Kier alpha value is -1.16. The minimum Gasteiger partial charge on any atom is -0.258 e. The van der Waals surface area contributed by atoms with Gasteiger partial charge in [0.25, 0.3) is 5.69 Å². The average Bonchev–Trinajstić information content (AvgIpc) is 2.08. The topological polar surface area (TPSA) is 66.9 Å². The molecule has 1 aromatic carbocycles. The molecule has 0 fully saturated rings. The maximum atomic E-state index is 10.5. The highest BCUT2D eigenvalue weighted by molar-refractivity contribution is 14.1. The molecular formula is C8H5IN2O2. The lowest BCUT2D eigenvalue weighted by atomic mass is 10.1. The summed E-state index contributed by atoms with van der Waals surface area (Å²) in [6.45, 7) is 1.77. The molecule has 0 spiro atoms. The zero-order valence-electron chi connectivity index (χ0n) is 6.74. The summed E-state index contributed by atoms with van der Waals surface area (Å²) in [7, 11) is 0. The molecule has 13 heavy (non-hydrogen) atoms. The van der Waals surface area contributed by atoms with Crippen LogP contribution in [0, 0.1) is 31.9 Å². The van der Waals surface area contributed by atoms with Crippen LogP contribution >= 0.6 is 22.6 Å². The number of nitro benzene ring substituents is 1. The Morgan fingerprint density at radius 2 is 2.23 bits per heavy atom. The predicted octanol–water partition coefficient (Wildman–Crippen LogP) is 2.38. The summed E-state index contributed by atoms with van der Waals surface area (Å²) in [6, 6.07) is 4.74. The summed E-state index contributed by atoms with van der Waals surface area (Å²) < 4.78 is 0.861. The average molecular weight is 288 g/mol. The molecule has 0 aliphatic rings. The van der Waals surface area contributed by atoms with Crippen LogP contribution in [-0.2, 0) is 0 Å². The molecule has 0 atom stereocenters. The van der Waals surface area contributed by atoms with Crippen LogP contribution in [0.1, 0.15) is 11.1 Å². The second kappa shape index (κ2) is 3.70. The summed E-state index contributed by atoms with van der Waals surface area (Å²) >= 11 is 2.04. The van der Waals surface area contributed by atoms with E-state index in [4.69, 9.17) is 5.26 Å². The Labute approximate surface area is 88.5 Å². The first-order valence-corrected chi connectivity index (χ1v) is 4.48. The van der Waals surface area contributed by atoms with Crippen LogP contribution in [0.25, 0.3) is 0 Å². The van der Waals surface area contributed by atoms with Gasteiger partial charge in [-0.05, 0) is 41.1 Å². The van der Waals surface area contributed by atoms with Crippen molar-refractivity contribution in [1.82, 2.24) is 0 Å². The SMILES string of the molecule is Cc1cc([N+](=O)[O-])c(C#N)cc1I. The normalized spacial score (nSPS) is 9.31. The van der Waals surface area contributed by atoms with Crippen LogP contribution in [0.2, 0.25) is 0 Å². The molecule has 0 aliphatic heterocycles. The third kappa shape index (κ3) is 1.95. The summed E-state index contributed by atoms with van der Waals surface area (Å²) in [4.78, 5) is 9.96. The van der Waals surface area contributed by atoms with Crippen molar-refractivity contribution in [2.75, 3.05) is 0 Å². The molecule has 0 saturated heterocycles. The van der Waals surface area contributed by atoms with Crippen LogP contribution in [-0.4, -0.2) is 4.92 Å². The van der Waals surface area contributed by atoms with E-state index in [0.29, 0.717) is 0 Å². The zero-order chi connectivity index (χ0) is 10.0. The highest BCUT2D eigenvalue weighted by Gasteiger charge is 2.14. The number of aryl methyl sites for hydroxylation is 1. The van der Waals surface area contributed by atoms with Gasteiger partial charge >= 0.3 is 0 Å². The molecule has 0 aliphatic carbocycles. The Morgan fingerprint density at radius 3 is 2.69 bits per heavy atom. The van der Waals surface area contributed by atoms with Gasteiger partial charge in [0.2, 0.25) is 0 Å². The van der Waals surface area contributed by atoms with E-state index < -0.39 is 4.92 Å². The lowest BCUT2D eigenvalue weighted by Gasteiger charge is -1.99. The van der Waals surface area contributed by atoms with Gasteiger partial charge in [0.05, 0.1) is 4.92 Å². The number of hydrogen-bond acceptors (Lipinski definition) is 3. The first kappa shape index (κ1) is 9.92. The fraction of sp³-hybridized carbons (Fsp3) is 0.125. The van der Waals surface area contributed by atoms with Crippen molar-refractivity contribution in [2.24, 2.45) is 0 Å². The summed E-state index contributed by atoms with van der Waals surface area (Å²) in [5.41, 5.74) is 0.798. The van der Waals surface area contributed by atoms with Crippen molar-refractivity contribution < 1.29 is 4.92 Å². The molecule has 0 saturated carbocycles. The molecule has 5 heteroatoms. The Bertz CT molecular complexity index is 409. The molecule has 0 N–H and O–H groups in total. The van der Waals surface area contributed by atoms with Crippen LogP contribution in [0.15, 0.2) is 12.1 Å². The van der Waals surface area contributed by atoms with E-state index in [2.05, 4.69) is 0 Å². The van der Waals surface area contributed by atoms with Gasteiger partial charge < -0.3 is 0 Å². The smallest absolute Gasteiger partial charge is 0.258 e. The third-order valence-corrected chi connectivity index (χ3v) is 2.76. The minimum absolute atomic E-state index is 0.111. The highest BCUT2D eigenvalue weighted by atomic mass is 127. The van der Waals surface area contributed by atoms with E-state index >= 15 is 0 Å². The summed E-state index contributed by atoms with van der Waals surface area (Å²) in [5.74, 6) is 0. The molecule has 4 nitrogen and oxygen atoms in total. The number of nitro groups is 1. The van der Waals surface area contributed by atoms with Crippen LogP contribution in [0.4, 0.5) is 5.69 Å². The van der Waals surface area contributed by atoms with Gasteiger partial charge in [0.1, 0.15) is 11.6 Å². The third-order valence-electron chi connectivity index (χ3n) is 1.59. The number of benzene rings is 1. The molecule has 0 bridgehead atoms. The molecule has 0 aromatic heterocycles. The fourth-order valence-electron chi connectivity index (χ4n) is 0.907. The predicted molar refractivity (Wildman–Crippen MR) is 55.3 cm³/mol. The Morgan fingerprint density at radius 1 is 1.62 bits per heavy atom. The number of nitrogens with zero attached hydrogens (tertiary/aromatic N) is 2. The second-order valence-electron chi connectivity index (χ2n) is 2.49. The van der Waals surface area contributed by atoms with Crippen molar-refractivity contribution >= 4 is 28.3 Å². The zero-order valence-corrected chi connectivity index (χ0v) is 8.90. The van der Waals surface area contributed by atoms with E-state index in [0.717, 1.165) is 9.13 Å². The number of halogens is 1. The molecule has 1 rings (SSSR count). The second-order valence-corrected chi connectivity index (χ2v) is 3.65. The van der Waals surface area contributed by atoms with Gasteiger partial charge in [0.15, 0.2) is 0 Å². The van der Waals surface area contributed by atoms with E-state index in [9.17, 15) is 10.1 Å². The standard InChI is InChI=1S/C8H5IN2O2/c1-5-2-8(11(12)13)6(4-10)3-7(5)9/h2-3H,1H3. The number of rotatable bonds is 1. The first-order valence-electron chi connectivity index (χ1n) is 3.41. The van der Waals surface area contributed by atoms with E-state index in [-0.39, 0.29) is 11.3 Å². The summed E-state index contributed by atoms with van der Waals surface area (Å²) in [5, 5.41) is 19.1. The molecule has 0 heterocycles. The van der Waals surface area contributed by atoms with Gasteiger partial charge in [-0.25, -0.2) is 0 Å². The van der Waals surface area contributed by atoms with Crippen LogP contribution < -0.4 is 0 Å². The van der Waals surface area contributed by atoms with Crippen molar-refractivity contribution in [3.05, 3.63) is 36.9 Å². The monoisotopic (exact) mass is 288 g/mol. The van der Waals surface area contributed by atoms with Crippen LogP contribution in [0.5, 0.6) is 0 Å². The summed E-state index contributed by atoms with van der Waals surface area (Å²) in [6.07, 6.45) is 0. The van der Waals surface area contributed by atoms with Crippen molar-refractivity contribution in [1.29, 1.82) is 5.26 Å². The first-order chi connectivity index (χ1) is 6.06. The quantitative estimate of drug-likeness (QED) is 0.452. The maximum absolute atomic E-state index is 10.5. The number of nitriles is 1. The highest BCUT2D eigenvalue weighted by Crippen LogP contribution is 2.23. The van der Waals surface area contributed by atoms with Gasteiger partial charge in [-0.1, -0.05) is 0 Å². The van der Waals surface area contributed by atoms with Crippen molar-refractivity contribution in [3.8, 4) is 6.07 Å². The molecule has 0 amide bonds. The van der Waals surface area contributed by atoms with E-state index in [1.165, 1.54) is 12.1 Å². The van der Waals surface area contributed by atoms with Crippen LogP contribution in [0.3, 0.4) is 0 Å². The molecule has 1 aromatic rings. The van der Waals surface area contributed by atoms with E-state index in [1.54, 1.807) is 13.0 Å². The molecule has 0 radical (unpaired) electrons. The van der Waals surface area contributed by atoms with Crippen molar-refractivity contribution in [3.63, 3.8) is 0 Å². The molecule has 0 unspecified atom stereocenters. The largest absolute Gasteiger partial charge is 0.287 e.